The second-order valence-electron chi connectivity index (χ2n) is 5.74. The van der Waals surface area contributed by atoms with Crippen molar-refractivity contribution in [3.63, 3.8) is 0 Å². The molecule has 0 unspecified atom stereocenters. The second kappa shape index (κ2) is 5.04. The number of rotatable bonds is 2. The van der Waals surface area contributed by atoms with E-state index in [-0.39, 0.29) is 5.41 Å². The molecule has 0 aliphatic carbocycles. The first-order valence-corrected chi connectivity index (χ1v) is 7.10. The minimum Gasteiger partial charge on any atom is -0.364 e. The molecule has 0 amide bonds. The molecule has 0 aliphatic heterocycles. The van der Waals surface area contributed by atoms with Gasteiger partial charge in [0, 0.05) is 21.9 Å². The van der Waals surface area contributed by atoms with Crippen molar-refractivity contribution in [1.82, 2.24) is 4.98 Å². The number of aliphatic hydroxyl groups is 2. The number of thiazole rings is 1. The number of aromatic nitrogens is 1. The van der Waals surface area contributed by atoms with Crippen LogP contribution < -0.4 is 0 Å². The lowest BCUT2D eigenvalue weighted by atomic mass is 9.93. The molecule has 0 radical (unpaired) electrons. The van der Waals surface area contributed by atoms with Crippen LogP contribution in [0.25, 0.3) is 10.6 Å². The summed E-state index contributed by atoms with van der Waals surface area (Å²) >= 11 is 1.62. The average Bonchev–Trinajstić information content (AvgIpc) is 2.77. The highest BCUT2D eigenvalue weighted by atomic mass is 32.1. The van der Waals surface area contributed by atoms with Crippen LogP contribution in [0.15, 0.2) is 23.6 Å². The molecule has 19 heavy (non-hydrogen) atoms. The summed E-state index contributed by atoms with van der Waals surface area (Å²) in [5.41, 5.74) is 3.68. The largest absolute Gasteiger partial charge is 0.364 e. The van der Waals surface area contributed by atoms with Gasteiger partial charge >= 0.3 is 0 Å². The minimum absolute atomic E-state index is 0.0455. The maximum Gasteiger partial charge on any atom is 0.178 e. The standard InChI is InChI=1S/C15H19NO2S/c1-9-7-10(14(17)18)5-6-11(9)13-16-12(8-19-13)15(2,3)4/h5-8,14,17-18H,1-4H3. The van der Waals surface area contributed by atoms with E-state index in [1.165, 1.54) is 0 Å². The lowest BCUT2D eigenvalue weighted by Gasteiger charge is -2.14. The molecule has 102 valence electrons. The number of aryl methyl sites for hydroxylation is 1. The summed E-state index contributed by atoms with van der Waals surface area (Å²) in [5, 5.41) is 21.4. The fraction of sp³-hybridized carbons (Fsp3) is 0.400. The van der Waals surface area contributed by atoms with Gasteiger partial charge in [-0.1, -0.05) is 39.0 Å². The zero-order valence-corrected chi connectivity index (χ0v) is 12.5. The highest BCUT2D eigenvalue weighted by molar-refractivity contribution is 7.13. The van der Waals surface area contributed by atoms with Crippen molar-refractivity contribution in [2.24, 2.45) is 0 Å². The van der Waals surface area contributed by atoms with Gasteiger partial charge in [0.15, 0.2) is 6.29 Å². The van der Waals surface area contributed by atoms with Crippen molar-refractivity contribution in [1.29, 1.82) is 0 Å². The van der Waals surface area contributed by atoms with Crippen molar-refractivity contribution in [2.75, 3.05) is 0 Å². The van der Waals surface area contributed by atoms with E-state index in [1.807, 2.05) is 13.0 Å². The van der Waals surface area contributed by atoms with Crippen LogP contribution in [-0.4, -0.2) is 15.2 Å². The molecule has 0 bridgehead atoms. The number of nitrogens with zero attached hydrogens (tertiary/aromatic N) is 1. The highest BCUT2D eigenvalue weighted by Gasteiger charge is 2.18. The first-order chi connectivity index (χ1) is 8.79. The minimum atomic E-state index is -1.42. The summed E-state index contributed by atoms with van der Waals surface area (Å²) in [4.78, 5) is 4.68. The van der Waals surface area contributed by atoms with E-state index in [4.69, 9.17) is 10.2 Å². The molecule has 1 aromatic carbocycles. The van der Waals surface area contributed by atoms with Gasteiger partial charge in [0.05, 0.1) is 5.69 Å². The Morgan fingerprint density at radius 2 is 1.89 bits per heavy atom. The van der Waals surface area contributed by atoms with E-state index >= 15 is 0 Å². The SMILES string of the molecule is Cc1cc(C(O)O)ccc1-c1nc(C(C)(C)C)cs1. The van der Waals surface area contributed by atoms with E-state index < -0.39 is 6.29 Å². The van der Waals surface area contributed by atoms with Crippen molar-refractivity contribution in [3.8, 4) is 10.6 Å². The third-order valence-corrected chi connectivity index (χ3v) is 3.93. The first kappa shape index (κ1) is 14.2. The summed E-state index contributed by atoms with van der Waals surface area (Å²) in [6, 6.07) is 5.42. The molecule has 2 rings (SSSR count). The van der Waals surface area contributed by atoms with E-state index in [0.717, 1.165) is 21.8 Å². The Kier molecular flexibility index (Phi) is 3.76. The molecule has 0 saturated heterocycles. The Hall–Kier alpha value is -1.23. The van der Waals surface area contributed by atoms with Gasteiger partial charge in [-0.3, -0.25) is 0 Å². The zero-order valence-electron chi connectivity index (χ0n) is 11.6. The molecule has 0 fully saturated rings. The molecule has 2 aromatic rings. The Morgan fingerprint density at radius 3 is 2.37 bits per heavy atom. The predicted molar refractivity (Wildman–Crippen MR) is 78.2 cm³/mol. The average molecular weight is 277 g/mol. The smallest absolute Gasteiger partial charge is 0.178 e. The third kappa shape index (κ3) is 3.03. The van der Waals surface area contributed by atoms with Crippen LogP contribution in [0, 0.1) is 6.92 Å². The summed E-state index contributed by atoms with van der Waals surface area (Å²) in [5.74, 6) is 0. The molecule has 2 N–H and O–H groups in total. The maximum atomic E-state index is 9.16. The van der Waals surface area contributed by atoms with Gasteiger partial charge in [0.2, 0.25) is 0 Å². The first-order valence-electron chi connectivity index (χ1n) is 6.22. The molecule has 0 spiro atoms. The maximum absolute atomic E-state index is 9.16. The van der Waals surface area contributed by atoms with Crippen LogP contribution >= 0.6 is 11.3 Å². The number of aliphatic hydroxyl groups excluding tert-OH is 1. The van der Waals surface area contributed by atoms with Crippen molar-refractivity contribution >= 4 is 11.3 Å². The molecular formula is C15H19NO2S. The van der Waals surface area contributed by atoms with E-state index in [9.17, 15) is 0 Å². The van der Waals surface area contributed by atoms with E-state index in [0.29, 0.717) is 5.56 Å². The van der Waals surface area contributed by atoms with Crippen molar-refractivity contribution in [2.45, 2.75) is 39.4 Å². The molecule has 0 aliphatic rings. The van der Waals surface area contributed by atoms with Gasteiger partial charge in [0.1, 0.15) is 5.01 Å². The van der Waals surface area contributed by atoms with Crippen LogP contribution in [0.5, 0.6) is 0 Å². The topological polar surface area (TPSA) is 53.4 Å². The van der Waals surface area contributed by atoms with Crippen LogP contribution in [0.4, 0.5) is 0 Å². The Balaban J connectivity index is 2.40. The zero-order chi connectivity index (χ0) is 14.2. The van der Waals surface area contributed by atoms with Gasteiger partial charge in [-0.05, 0) is 12.5 Å². The summed E-state index contributed by atoms with van der Waals surface area (Å²) in [6.45, 7) is 8.39. The van der Waals surface area contributed by atoms with Gasteiger partial charge < -0.3 is 10.2 Å². The van der Waals surface area contributed by atoms with Crippen LogP contribution in [0.2, 0.25) is 0 Å². The summed E-state index contributed by atoms with van der Waals surface area (Å²) in [7, 11) is 0. The van der Waals surface area contributed by atoms with Gasteiger partial charge in [-0.25, -0.2) is 4.98 Å². The van der Waals surface area contributed by atoms with E-state index in [1.54, 1.807) is 23.5 Å². The second-order valence-corrected chi connectivity index (χ2v) is 6.59. The number of hydrogen-bond acceptors (Lipinski definition) is 4. The Morgan fingerprint density at radius 1 is 1.21 bits per heavy atom. The highest BCUT2D eigenvalue weighted by Crippen LogP contribution is 2.32. The Bertz CT molecular complexity index is 582. The molecule has 0 atom stereocenters. The Labute approximate surface area is 117 Å². The fourth-order valence-electron chi connectivity index (χ4n) is 1.83. The van der Waals surface area contributed by atoms with Crippen molar-refractivity contribution in [3.05, 3.63) is 40.4 Å². The van der Waals surface area contributed by atoms with Gasteiger partial charge in [-0.2, -0.15) is 0 Å². The lowest BCUT2D eigenvalue weighted by Crippen LogP contribution is -2.11. The number of hydrogen-bond donors (Lipinski definition) is 2. The molecule has 4 heteroatoms. The molecular weight excluding hydrogens is 258 g/mol. The van der Waals surface area contributed by atoms with Crippen LogP contribution in [0.1, 0.15) is 43.9 Å². The summed E-state index contributed by atoms with van der Waals surface area (Å²) in [6.07, 6.45) is -1.42. The number of benzene rings is 1. The monoisotopic (exact) mass is 277 g/mol. The summed E-state index contributed by atoms with van der Waals surface area (Å²) < 4.78 is 0. The normalized spacial score (nSPS) is 12.2. The fourth-order valence-corrected chi connectivity index (χ4v) is 2.97. The van der Waals surface area contributed by atoms with Crippen LogP contribution in [-0.2, 0) is 5.41 Å². The quantitative estimate of drug-likeness (QED) is 0.827. The van der Waals surface area contributed by atoms with Crippen LogP contribution in [0.3, 0.4) is 0 Å². The lowest BCUT2D eigenvalue weighted by molar-refractivity contribution is -0.0425. The van der Waals surface area contributed by atoms with Gasteiger partial charge in [-0.15, -0.1) is 11.3 Å². The molecule has 1 aromatic heterocycles. The molecule has 1 heterocycles. The molecule has 3 nitrogen and oxygen atoms in total. The third-order valence-electron chi connectivity index (χ3n) is 3.05. The predicted octanol–water partition coefficient (Wildman–Crippen LogP) is 3.40. The van der Waals surface area contributed by atoms with Crippen molar-refractivity contribution < 1.29 is 10.2 Å². The van der Waals surface area contributed by atoms with Gasteiger partial charge in [0.25, 0.3) is 0 Å². The molecule has 0 saturated carbocycles. The van der Waals surface area contributed by atoms with E-state index in [2.05, 4.69) is 31.1 Å².